The SMILES string of the molecule is O=c1ccc(N2CCCN(S(=O)(=O)c3ccc(F)c(F)c3)CC2)nn1-c1ccccc1. The second kappa shape index (κ2) is 8.56. The maximum Gasteiger partial charge on any atom is 0.271 e. The summed E-state index contributed by atoms with van der Waals surface area (Å²) in [5.41, 5.74) is 0.360. The van der Waals surface area contributed by atoms with E-state index >= 15 is 0 Å². The van der Waals surface area contributed by atoms with Crippen molar-refractivity contribution in [2.75, 3.05) is 31.1 Å². The molecule has 10 heteroatoms. The number of para-hydroxylation sites is 1. The first kappa shape index (κ1) is 21.1. The van der Waals surface area contributed by atoms with Crippen LogP contribution in [0.15, 0.2) is 70.4 Å². The molecule has 1 aromatic heterocycles. The van der Waals surface area contributed by atoms with E-state index in [9.17, 15) is 22.0 Å². The Hall–Kier alpha value is -3.11. The molecule has 31 heavy (non-hydrogen) atoms. The fourth-order valence-corrected chi connectivity index (χ4v) is 4.96. The van der Waals surface area contributed by atoms with Crippen LogP contribution in [0.25, 0.3) is 5.69 Å². The molecule has 3 aromatic rings. The van der Waals surface area contributed by atoms with E-state index in [0.29, 0.717) is 37.1 Å². The molecular weight excluding hydrogens is 426 g/mol. The van der Waals surface area contributed by atoms with Crippen molar-refractivity contribution < 1.29 is 17.2 Å². The lowest BCUT2D eigenvalue weighted by Gasteiger charge is -2.23. The summed E-state index contributed by atoms with van der Waals surface area (Å²) >= 11 is 0. The first-order valence-corrected chi connectivity index (χ1v) is 11.2. The molecule has 1 aliphatic heterocycles. The highest BCUT2D eigenvalue weighted by molar-refractivity contribution is 7.89. The Bertz CT molecular complexity index is 1250. The highest BCUT2D eigenvalue weighted by Gasteiger charge is 2.28. The zero-order valence-corrected chi connectivity index (χ0v) is 17.3. The third-order valence-corrected chi connectivity index (χ3v) is 6.99. The summed E-state index contributed by atoms with van der Waals surface area (Å²) in [5, 5.41) is 4.45. The van der Waals surface area contributed by atoms with Gasteiger partial charge in [-0.2, -0.15) is 8.99 Å². The van der Waals surface area contributed by atoms with E-state index in [1.807, 2.05) is 23.1 Å². The van der Waals surface area contributed by atoms with Crippen molar-refractivity contribution in [3.63, 3.8) is 0 Å². The molecule has 0 N–H and O–H groups in total. The van der Waals surface area contributed by atoms with Crippen LogP contribution in [0.3, 0.4) is 0 Å². The van der Waals surface area contributed by atoms with Gasteiger partial charge in [0.05, 0.1) is 10.6 Å². The van der Waals surface area contributed by atoms with Crippen molar-refractivity contribution in [3.05, 3.63) is 82.7 Å². The number of hydrogen-bond donors (Lipinski definition) is 0. The monoisotopic (exact) mass is 446 g/mol. The first-order valence-electron chi connectivity index (χ1n) is 9.72. The van der Waals surface area contributed by atoms with Gasteiger partial charge < -0.3 is 4.90 Å². The number of anilines is 1. The van der Waals surface area contributed by atoms with Gasteiger partial charge >= 0.3 is 0 Å². The lowest BCUT2D eigenvalue weighted by Crippen LogP contribution is -2.36. The molecule has 1 aliphatic rings. The molecule has 0 bridgehead atoms. The highest BCUT2D eigenvalue weighted by Crippen LogP contribution is 2.21. The number of rotatable bonds is 4. The third kappa shape index (κ3) is 4.35. The Morgan fingerprint density at radius 1 is 0.839 bits per heavy atom. The van der Waals surface area contributed by atoms with Crippen molar-refractivity contribution >= 4 is 15.8 Å². The Morgan fingerprint density at radius 3 is 2.35 bits per heavy atom. The summed E-state index contributed by atoms with van der Waals surface area (Å²) in [5.74, 6) is -1.75. The van der Waals surface area contributed by atoms with Crippen LogP contribution in [0.4, 0.5) is 14.6 Å². The second-order valence-corrected chi connectivity index (χ2v) is 9.04. The fraction of sp³-hybridized carbons (Fsp3) is 0.238. The van der Waals surface area contributed by atoms with Crippen molar-refractivity contribution in [3.8, 4) is 5.69 Å². The zero-order valence-electron chi connectivity index (χ0n) is 16.5. The molecule has 0 unspecified atom stereocenters. The number of aromatic nitrogens is 2. The quantitative estimate of drug-likeness (QED) is 0.615. The van der Waals surface area contributed by atoms with Gasteiger partial charge in [-0.15, -0.1) is 5.10 Å². The lowest BCUT2D eigenvalue weighted by atomic mass is 10.3. The Kier molecular flexibility index (Phi) is 5.84. The van der Waals surface area contributed by atoms with E-state index in [1.165, 1.54) is 15.1 Å². The predicted molar refractivity (Wildman–Crippen MR) is 112 cm³/mol. The van der Waals surface area contributed by atoms with Crippen molar-refractivity contribution in [2.45, 2.75) is 11.3 Å². The van der Waals surface area contributed by atoms with E-state index in [1.54, 1.807) is 18.2 Å². The summed E-state index contributed by atoms with van der Waals surface area (Å²) < 4.78 is 55.1. The third-order valence-electron chi connectivity index (χ3n) is 5.09. The topological polar surface area (TPSA) is 75.5 Å². The molecular formula is C21H20F2N4O3S. The van der Waals surface area contributed by atoms with E-state index in [2.05, 4.69) is 5.10 Å². The molecule has 0 radical (unpaired) electrons. The van der Waals surface area contributed by atoms with Gasteiger partial charge in [0.15, 0.2) is 11.6 Å². The highest BCUT2D eigenvalue weighted by atomic mass is 32.2. The van der Waals surface area contributed by atoms with Gasteiger partial charge in [-0.25, -0.2) is 17.2 Å². The molecule has 0 saturated carbocycles. The number of halogens is 2. The average Bonchev–Trinajstić information content (AvgIpc) is 3.03. The van der Waals surface area contributed by atoms with Gasteiger partial charge in [0.1, 0.15) is 5.82 Å². The summed E-state index contributed by atoms with van der Waals surface area (Å²) in [6.07, 6.45) is 0.509. The first-order chi connectivity index (χ1) is 14.9. The van der Waals surface area contributed by atoms with E-state index in [4.69, 9.17) is 0 Å². The van der Waals surface area contributed by atoms with E-state index < -0.39 is 21.7 Å². The average molecular weight is 446 g/mol. The lowest BCUT2D eigenvalue weighted by molar-refractivity contribution is 0.431. The van der Waals surface area contributed by atoms with E-state index in [-0.39, 0.29) is 23.5 Å². The normalized spacial score (nSPS) is 15.6. The molecule has 4 rings (SSSR count). The van der Waals surface area contributed by atoms with Crippen LogP contribution in [0.5, 0.6) is 0 Å². The summed E-state index contributed by atoms with van der Waals surface area (Å²) in [6.45, 7) is 1.25. The van der Waals surface area contributed by atoms with Gasteiger partial charge in [-0.1, -0.05) is 18.2 Å². The van der Waals surface area contributed by atoms with Crippen LogP contribution < -0.4 is 10.5 Å². The van der Waals surface area contributed by atoms with Gasteiger partial charge in [0, 0.05) is 32.2 Å². The van der Waals surface area contributed by atoms with Gasteiger partial charge in [-0.05, 0) is 42.8 Å². The van der Waals surface area contributed by atoms with Gasteiger partial charge in [-0.3, -0.25) is 4.79 Å². The standard InChI is InChI=1S/C21H20F2N4O3S/c22-18-8-7-17(15-19(18)23)31(29,30)26-12-4-11-25(13-14-26)20-9-10-21(28)27(24-20)16-5-2-1-3-6-16/h1-3,5-10,15H,4,11-14H2. The Morgan fingerprint density at radius 2 is 1.61 bits per heavy atom. The summed E-state index contributed by atoms with van der Waals surface area (Å²) in [7, 11) is -3.96. The minimum absolute atomic E-state index is 0.146. The van der Waals surface area contributed by atoms with Crippen LogP contribution in [-0.4, -0.2) is 48.7 Å². The molecule has 162 valence electrons. The summed E-state index contributed by atoms with van der Waals surface area (Å²) in [6, 6.07) is 14.6. The molecule has 2 heterocycles. The molecule has 0 aliphatic carbocycles. The predicted octanol–water partition coefficient (Wildman–Crippen LogP) is 2.41. The van der Waals surface area contributed by atoms with Crippen LogP contribution in [-0.2, 0) is 10.0 Å². The summed E-state index contributed by atoms with van der Waals surface area (Å²) in [4.78, 5) is 13.9. The number of hydrogen-bond acceptors (Lipinski definition) is 5. The van der Waals surface area contributed by atoms with Crippen molar-refractivity contribution in [1.29, 1.82) is 0 Å². The van der Waals surface area contributed by atoms with Crippen molar-refractivity contribution in [1.82, 2.24) is 14.1 Å². The maximum atomic E-state index is 13.5. The second-order valence-electron chi connectivity index (χ2n) is 7.10. The molecule has 0 spiro atoms. The van der Waals surface area contributed by atoms with E-state index in [0.717, 1.165) is 12.1 Å². The van der Waals surface area contributed by atoms with Gasteiger partial charge in [0.25, 0.3) is 5.56 Å². The van der Waals surface area contributed by atoms with Crippen LogP contribution in [0, 0.1) is 11.6 Å². The molecule has 7 nitrogen and oxygen atoms in total. The molecule has 2 aromatic carbocycles. The van der Waals surface area contributed by atoms with Crippen LogP contribution >= 0.6 is 0 Å². The Balaban J connectivity index is 1.56. The van der Waals surface area contributed by atoms with Crippen LogP contribution in [0.2, 0.25) is 0 Å². The molecule has 1 fully saturated rings. The fourth-order valence-electron chi connectivity index (χ4n) is 3.47. The number of sulfonamides is 1. The van der Waals surface area contributed by atoms with Crippen molar-refractivity contribution in [2.24, 2.45) is 0 Å². The smallest absolute Gasteiger partial charge is 0.271 e. The molecule has 1 saturated heterocycles. The molecule has 0 atom stereocenters. The van der Waals surface area contributed by atoms with Crippen LogP contribution in [0.1, 0.15) is 6.42 Å². The maximum absolute atomic E-state index is 13.5. The largest absolute Gasteiger partial charge is 0.354 e. The minimum Gasteiger partial charge on any atom is -0.354 e. The zero-order chi connectivity index (χ0) is 22.0. The molecule has 0 amide bonds. The minimum atomic E-state index is -3.96. The Labute approximate surface area is 178 Å². The number of benzene rings is 2. The number of nitrogens with zero attached hydrogens (tertiary/aromatic N) is 4. The van der Waals surface area contributed by atoms with Gasteiger partial charge in [0.2, 0.25) is 10.0 Å².